The van der Waals surface area contributed by atoms with E-state index in [-0.39, 0.29) is 6.04 Å². The van der Waals surface area contributed by atoms with E-state index in [1.165, 1.54) is 36.1 Å². The molecule has 104 valence electrons. The number of anilines is 1. The molecule has 1 aliphatic carbocycles. The van der Waals surface area contributed by atoms with E-state index in [1.807, 2.05) is 18.2 Å². The van der Waals surface area contributed by atoms with Gasteiger partial charge in [-0.15, -0.1) is 0 Å². The zero-order valence-electron chi connectivity index (χ0n) is 11.4. The van der Waals surface area contributed by atoms with E-state index in [9.17, 15) is 0 Å². The number of aryl methyl sites for hydroxylation is 2. The van der Waals surface area contributed by atoms with E-state index in [0.717, 1.165) is 5.56 Å². The molecule has 1 nitrogen and oxygen atoms in total. The highest BCUT2D eigenvalue weighted by Gasteiger charge is 2.12. The zero-order valence-corrected chi connectivity index (χ0v) is 12.9. The van der Waals surface area contributed by atoms with Crippen molar-refractivity contribution in [3.05, 3.63) is 63.1 Å². The first-order valence-corrected chi connectivity index (χ1v) is 7.72. The molecule has 20 heavy (non-hydrogen) atoms. The zero-order chi connectivity index (χ0) is 14.1. The Bertz CT molecular complexity index is 637. The molecular weight excluding hydrogens is 289 g/mol. The second kappa shape index (κ2) is 5.67. The molecule has 0 aromatic heterocycles. The lowest BCUT2D eigenvalue weighted by Crippen LogP contribution is -2.06. The van der Waals surface area contributed by atoms with Crippen LogP contribution in [0.2, 0.25) is 10.0 Å². The third-order valence-electron chi connectivity index (χ3n) is 3.93. The SMILES string of the molecule is CC(Nc1ccc2c(c1)CCC2)c1ccc(Cl)c(Cl)c1. The van der Waals surface area contributed by atoms with Crippen LogP contribution in [-0.4, -0.2) is 0 Å². The van der Waals surface area contributed by atoms with Crippen molar-refractivity contribution in [1.82, 2.24) is 0 Å². The predicted octanol–water partition coefficient (Wildman–Crippen LogP) is 5.66. The lowest BCUT2D eigenvalue weighted by atomic mass is 10.1. The van der Waals surface area contributed by atoms with Crippen LogP contribution in [0.25, 0.3) is 0 Å². The second-order valence-corrected chi connectivity index (χ2v) is 6.19. The Kier molecular flexibility index (Phi) is 3.91. The fraction of sp³-hybridized carbons (Fsp3) is 0.294. The van der Waals surface area contributed by atoms with Crippen molar-refractivity contribution >= 4 is 28.9 Å². The molecular formula is C17H17Cl2N. The van der Waals surface area contributed by atoms with Crippen LogP contribution in [0.1, 0.15) is 36.1 Å². The second-order valence-electron chi connectivity index (χ2n) is 5.38. The predicted molar refractivity (Wildman–Crippen MR) is 87.0 cm³/mol. The minimum absolute atomic E-state index is 0.198. The first-order valence-electron chi connectivity index (χ1n) is 6.97. The topological polar surface area (TPSA) is 12.0 Å². The van der Waals surface area contributed by atoms with Crippen molar-refractivity contribution in [3.8, 4) is 0 Å². The molecule has 0 amide bonds. The van der Waals surface area contributed by atoms with Crippen LogP contribution in [-0.2, 0) is 12.8 Å². The van der Waals surface area contributed by atoms with Gasteiger partial charge in [0.1, 0.15) is 0 Å². The molecule has 0 bridgehead atoms. The normalized spacial score (nSPS) is 14.9. The summed E-state index contributed by atoms with van der Waals surface area (Å²) in [7, 11) is 0. The molecule has 1 unspecified atom stereocenters. The molecule has 3 heteroatoms. The summed E-state index contributed by atoms with van der Waals surface area (Å²) in [5.74, 6) is 0. The summed E-state index contributed by atoms with van der Waals surface area (Å²) in [5.41, 5.74) is 5.29. The average Bonchev–Trinajstić information content (AvgIpc) is 2.89. The van der Waals surface area contributed by atoms with Gasteiger partial charge >= 0.3 is 0 Å². The highest BCUT2D eigenvalue weighted by Crippen LogP contribution is 2.29. The van der Waals surface area contributed by atoms with Gasteiger partial charge < -0.3 is 5.32 Å². The summed E-state index contributed by atoms with van der Waals surface area (Å²) >= 11 is 12.0. The number of fused-ring (bicyclic) bond motifs is 1. The summed E-state index contributed by atoms with van der Waals surface area (Å²) in [6, 6.07) is 12.7. The molecule has 0 fully saturated rings. The number of halogens is 2. The van der Waals surface area contributed by atoms with Gasteiger partial charge in [0, 0.05) is 11.7 Å². The molecule has 3 rings (SSSR count). The van der Waals surface area contributed by atoms with Gasteiger partial charge in [0.25, 0.3) is 0 Å². The molecule has 0 aliphatic heterocycles. The summed E-state index contributed by atoms with van der Waals surface area (Å²) < 4.78 is 0. The fourth-order valence-corrected chi connectivity index (χ4v) is 3.08. The highest BCUT2D eigenvalue weighted by molar-refractivity contribution is 6.42. The molecule has 0 radical (unpaired) electrons. The van der Waals surface area contributed by atoms with Crippen molar-refractivity contribution in [3.63, 3.8) is 0 Å². The number of benzene rings is 2. The van der Waals surface area contributed by atoms with E-state index in [2.05, 4.69) is 30.4 Å². The van der Waals surface area contributed by atoms with Gasteiger partial charge in [-0.05, 0) is 67.1 Å². The number of nitrogens with one attached hydrogen (secondary N) is 1. The molecule has 0 saturated carbocycles. The Hall–Kier alpha value is -1.18. The standard InChI is InChI=1S/C17H17Cl2N/c1-11(13-6-8-16(18)17(19)10-13)20-15-7-5-12-3-2-4-14(12)9-15/h5-11,20H,2-4H2,1H3. The van der Waals surface area contributed by atoms with Crippen LogP contribution in [0, 0.1) is 0 Å². The largest absolute Gasteiger partial charge is 0.379 e. The molecule has 1 aliphatic rings. The lowest BCUT2D eigenvalue weighted by Gasteiger charge is -2.17. The average molecular weight is 306 g/mol. The Morgan fingerprint density at radius 3 is 2.55 bits per heavy atom. The monoisotopic (exact) mass is 305 g/mol. The van der Waals surface area contributed by atoms with Gasteiger partial charge in [-0.1, -0.05) is 35.3 Å². The summed E-state index contributed by atoms with van der Waals surface area (Å²) in [6.45, 7) is 2.13. The molecule has 2 aromatic rings. The number of hydrogen-bond donors (Lipinski definition) is 1. The maximum Gasteiger partial charge on any atom is 0.0595 e. The van der Waals surface area contributed by atoms with Crippen molar-refractivity contribution in [2.75, 3.05) is 5.32 Å². The molecule has 2 aromatic carbocycles. The fourth-order valence-electron chi connectivity index (χ4n) is 2.78. The summed E-state index contributed by atoms with van der Waals surface area (Å²) in [5, 5.41) is 4.73. The van der Waals surface area contributed by atoms with E-state index >= 15 is 0 Å². The Morgan fingerprint density at radius 2 is 1.75 bits per heavy atom. The lowest BCUT2D eigenvalue weighted by molar-refractivity contribution is 0.884. The first kappa shape index (κ1) is 13.8. The minimum Gasteiger partial charge on any atom is -0.379 e. The van der Waals surface area contributed by atoms with Crippen molar-refractivity contribution in [1.29, 1.82) is 0 Å². The van der Waals surface area contributed by atoms with Crippen molar-refractivity contribution < 1.29 is 0 Å². The Labute approximate surface area is 129 Å². The van der Waals surface area contributed by atoms with Gasteiger partial charge in [-0.25, -0.2) is 0 Å². The summed E-state index contributed by atoms with van der Waals surface area (Å²) in [4.78, 5) is 0. The first-order chi connectivity index (χ1) is 9.63. The number of rotatable bonds is 3. The van der Waals surface area contributed by atoms with Crippen LogP contribution >= 0.6 is 23.2 Å². The Morgan fingerprint density at radius 1 is 0.950 bits per heavy atom. The van der Waals surface area contributed by atoms with Crippen molar-refractivity contribution in [2.24, 2.45) is 0 Å². The van der Waals surface area contributed by atoms with Gasteiger partial charge in [-0.3, -0.25) is 0 Å². The molecule has 1 atom stereocenters. The van der Waals surface area contributed by atoms with Gasteiger partial charge in [0.2, 0.25) is 0 Å². The minimum atomic E-state index is 0.198. The quantitative estimate of drug-likeness (QED) is 0.772. The van der Waals surface area contributed by atoms with Gasteiger partial charge in [-0.2, -0.15) is 0 Å². The molecule has 0 heterocycles. The van der Waals surface area contributed by atoms with Crippen molar-refractivity contribution in [2.45, 2.75) is 32.2 Å². The molecule has 1 N–H and O–H groups in total. The highest BCUT2D eigenvalue weighted by atomic mass is 35.5. The Balaban J connectivity index is 1.78. The van der Waals surface area contributed by atoms with Crippen LogP contribution in [0.4, 0.5) is 5.69 Å². The third kappa shape index (κ3) is 2.79. The van der Waals surface area contributed by atoms with E-state index in [1.54, 1.807) is 0 Å². The van der Waals surface area contributed by atoms with Crippen LogP contribution in [0.15, 0.2) is 36.4 Å². The van der Waals surface area contributed by atoms with Crippen LogP contribution in [0.5, 0.6) is 0 Å². The molecule has 0 spiro atoms. The van der Waals surface area contributed by atoms with E-state index in [0.29, 0.717) is 10.0 Å². The van der Waals surface area contributed by atoms with E-state index < -0.39 is 0 Å². The summed E-state index contributed by atoms with van der Waals surface area (Å²) in [6.07, 6.45) is 3.70. The number of hydrogen-bond acceptors (Lipinski definition) is 1. The van der Waals surface area contributed by atoms with E-state index in [4.69, 9.17) is 23.2 Å². The maximum absolute atomic E-state index is 6.08. The molecule has 0 saturated heterocycles. The van der Waals surface area contributed by atoms with Crippen LogP contribution < -0.4 is 5.32 Å². The van der Waals surface area contributed by atoms with Crippen LogP contribution in [0.3, 0.4) is 0 Å². The third-order valence-corrected chi connectivity index (χ3v) is 4.66. The smallest absolute Gasteiger partial charge is 0.0595 e. The van der Waals surface area contributed by atoms with Gasteiger partial charge in [0.05, 0.1) is 10.0 Å². The maximum atomic E-state index is 6.08. The van der Waals surface area contributed by atoms with Gasteiger partial charge in [0.15, 0.2) is 0 Å².